The molecule has 36 heavy (non-hydrogen) atoms. The normalized spacial score (nSPS) is 26.3. The number of nitrogen functional groups attached to an aromatic ring is 1. The molecule has 1 saturated carbocycles. The van der Waals surface area contributed by atoms with Crippen molar-refractivity contribution in [3.8, 4) is 17.0 Å². The van der Waals surface area contributed by atoms with Crippen molar-refractivity contribution in [2.24, 2.45) is 0 Å². The molecule has 1 aliphatic carbocycles. The van der Waals surface area contributed by atoms with Crippen molar-refractivity contribution in [1.29, 1.82) is 0 Å². The number of pyridine rings is 2. The first-order chi connectivity index (χ1) is 17.2. The van der Waals surface area contributed by atoms with E-state index < -0.39 is 9.15 Å². The molecule has 0 bridgehead atoms. The summed E-state index contributed by atoms with van der Waals surface area (Å²) in [6.45, 7) is 3.01. The Morgan fingerprint density at radius 3 is 2.78 bits per heavy atom. The Hall–Kier alpha value is -2.70. The summed E-state index contributed by atoms with van der Waals surface area (Å²) in [7, 11) is 1.61. The van der Waals surface area contributed by atoms with E-state index in [1.807, 2.05) is 35.9 Å². The first kappa shape index (κ1) is 23.7. The summed E-state index contributed by atoms with van der Waals surface area (Å²) < 4.78 is 14.6. The summed E-state index contributed by atoms with van der Waals surface area (Å²) in [4.78, 5) is 18.1. The number of aliphatic hydroxyl groups is 1. The summed E-state index contributed by atoms with van der Waals surface area (Å²) in [6.07, 6.45) is 6.42. The summed E-state index contributed by atoms with van der Waals surface area (Å²) in [5.41, 5.74) is 7.85. The van der Waals surface area contributed by atoms with E-state index in [0.717, 1.165) is 34.7 Å². The van der Waals surface area contributed by atoms with Crippen LogP contribution < -0.4 is 16.0 Å². The summed E-state index contributed by atoms with van der Waals surface area (Å²) in [5, 5.41) is 17.3. The van der Waals surface area contributed by atoms with E-state index in [2.05, 4.69) is 27.6 Å². The van der Waals surface area contributed by atoms with Crippen LogP contribution >= 0.6 is 22.6 Å². The molecule has 1 aliphatic heterocycles. The van der Waals surface area contributed by atoms with Crippen LogP contribution in [0.4, 0.5) is 5.82 Å². The van der Waals surface area contributed by atoms with Gasteiger partial charge in [-0.25, -0.2) is 4.98 Å². The molecule has 9 nitrogen and oxygen atoms in total. The maximum Gasteiger partial charge on any atom is 0.259 e. The number of aromatic nitrogens is 4. The molecule has 0 radical (unpaired) electrons. The SMILES string of the molecule is COc1cn([C@@]2(I)CCCOC2)c(=O)c2cc(-c3nn(C4CC(C)(O)C4)c4ccnc(N)c34)ccc12. The molecule has 10 heteroatoms. The molecule has 1 saturated heterocycles. The fraction of sp³-hybridized carbons (Fsp3) is 0.423. The standard InChI is InChI=1S/C26H28IN5O4/c1-25(34)11-16(12-25)32-19-6-8-29-23(28)21(19)22(30-32)15-4-5-17-18(10-15)24(33)31(13-20(17)35-2)26(27)7-3-9-36-14-26/h4-6,8,10,13,16,34H,3,7,9,11-12,14H2,1-2H3,(H2,28,29)/t16?,25?,26-/m0/s1. The molecule has 0 amide bonds. The van der Waals surface area contributed by atoms with Gasteiger partial charge < -0.3 is 20.3 Å². The minimum atomic E-state index is -0.690. The fourth-order valence-corrected chi connectivity index (χ4v) is 6.54. The van der Waals surface area contributed by atoms with Crippen molar-refractivity contribution in [3.63, 3.8) is 0 Å². The van der Waals surface area contributed by atoms with Crippen LogP contribution in [0.25, 0.3) is 32.9 Å². The smallest absolute Gasteiger partial charge is 0.259 e. The Bertz CT molecular complexity index is 1550. The monoisotopic (exact) mass is 601 g/mol. The molecule has 6 rings (SSSR count). The van der Waals surface area contributed by atoms with Crippen LogP contribution in [-0.2, 0) is 8.28 Å². The number of fused-ring (bicyclic) bond motifs is 2. The highest BCUT2D eigenvalue weighted by Gasteiger charge is 2.41. The first-order valence-electron chi connectivity index (χ1n) is 12.1. The van der Waals surface area contributed by atoms with Crippen molar-refractivity contribution in [2.75, 3.05) is 26.1 Å². The van der Waals surface area contributed by atoms with Crippen molar-refractivity contribution in [2.45, 2.75) is 47.8 Å². The third-order valence-corrected chi connectivity index (χ3v) is 8.79. The molecule has 0 unspecified atom stereocenters. The molecule has 3 N–H and O–H groups in total. The van der Waals surface area contributed by atoms with Gasteiger partial charge in [0.25, 0.3) is 5.56 Å². The molecule has 1 aromatic carbocycles. The van der Waals surface area contributed by atoms with E-state index >= 15 is 0 Å². The maximum absolute atomic E-state index is 13.8. The van der Waals surface area contributed by atoms with Crippen molar-refractivity contribution >= 4 is 50.1 Å². The number of ether oxygens (including phenoxy) is 2. The number of methoxy groups -OCH3 is 1. The second-order valence-electron chi connectivity index (χ2n) is 10.1. The largest absolute Gasteiger partial charge is 0.495 e. The molecule has 1 atom stereocenters. The highest BCUT2D eigenvalue weighted by Crippen LogP contribution is 2.44. The van der Waals surface area contributed by atoms with Gasteiger partial charge in [-0.3, -0.25) is 14.0 Å². The zero-order valence-electron chi connectivity index (χ0n) is 20.2. The zero-order chi connectivity index (χ0) is 25.2. The average molecular weight is 601 g/mol. The van der Waals surface area contributed by atoms with E-state index in [1.165, 1.54) is 0 Å². The van der Waals surface area contributed by atoms with Gasteiger partial charge in [0, 0.05) is 23.8 Å². The Morgan fingerprint density at radius 2 is 2.08 bits per heavy atom. The van der Waals surface area contributed by atoms with E-state index in [9.17, 15) is 9.90 Å². The Labute approximate surface area is 221 Å². The highest BCUT2D eigenvalue weighted by molar-refractivity contribution is 14.1. The third kappa shape index (κ3) is 3.69. The lowest BCUT2D eigenvalue weighted by atomic mass is 9.77. The summed E-state index contributed by atoms with van der Waals surface area (Å²) >= 11 is 2.33. The molecular formula is C26H28IN5O4. The quantitative estimate of drug-likeness (QED) is 0.269. The van der Waals surface area contributed by atoms with Gasteiger partial charge in [-0.05, 0) is 50.8 Å². The lowest BCUT2D eigenvalue weighted by Crippen LogP contribution is -2.42. The molecule has 0 spiro atoms. The van der Waals surface area contributed by atoms with Gasteiger partial charge in [0.15, 0.2) is 0 Å². The Kier molecular flexibility index (Phi) is 5.54. The number of nitrogens with two attached hydrogens (primary N) is 1. The summed E-state index contributed by atoms with van der Waals surface area (Å²) in [6, 6.07) is 7.68. The maximum atomic E-state index is 13.8. The fourth-order valence-electron chi connectivity index (χ4n) is 5.58. The molecular weight excluding hydrogens is 573 g/mol. The van der Waals surface area contributed by atoms with Crippen LogP contribution in [0.15, 0.2) is 41.5 Å². The number of benzene rings is 1. The molecule has 2 fully saturated rings. The first-order valence-corrected chi connectivity index (χ1v) is 13.1. The van der Waals surface area contributed by atoms with E-state index in [0.29, 0.717) is 48.7 Å². The van der Waals surface area contributed by atoms with Gasteiger partial charge >= 0.3 is 0 Å². The van der Waals surface area contributed by atoms with Gasteiger partial charge in [0.05, 0.1) is 47.8 Å². The van der Waals surface area contributed by atoms with Gasteiger partial charge in [-0.1, -0.05) is 28.7 Å². The van der Waals surface area contributed by atoms with Gasteiger partial charge in [0.2, 0.25) is 0 Å². The van der Waals surface area contributed by atoms with E-state index in [4.69, 9.17) is 20.3 Å². The minimum absolute atomic E-state index is 0.0704. The second kappa shape index (κ2) is 8.42. The minimum Gasteiger partial charge on any atom is -0.495 e. The van der Waals surface area contributed by atoms with Crippen LogP contribution in [0.5, 0.6) is 5.75 Å². The van der Waals surface area contributed by atoms with Crippen LogP contribution in [0.1, 0.15) is 38.6 Å². The van der Waals surface area contributed by atoms with Crippen molar-refractivity contribution in [3.05, 3.63) is 47.0 Å². The predicted molar refractivity (Wildman–Crippen MR) is 147 cm³/mol. The van der Waals surface area contributed by atoms with Crippen LogP contribution in [0.3, 0.4) is 0 Å². The number of anilines is 1. The number of alkyl halides is 1. The molecule has 3 aromatic heterocycles. The molecule has 4 heterocycles. The lowest BCUT2D eigenvalue weighted by molar-refractivity contribution is -0.0529. The van der Waals surface area contributed by atoms with Gasteiger partial charge in [-0.2, -0.15) is 5.10 Å². The van der Waals surface area contributed by atoms with Gasteiger partial charge in [-0.15, -0.1) is 0 Å². The summed E-state index contributed by atoms with van der Waals surface area (Å²) in [5.74, 6) is 1.01. The van der Waals surface area contributed by atoms with Crippen LogP contribution in [0, 0.1) is 0 Å². The number of hydrogen-bond acceptors (Lipinski definition) is 7. The predicted octanol–water partition coefficient (Wildman–Crippen LogP) is 3.99. The zero-order valence-corrected chi connectivity index (χ0v) is 22.4. The number of hydrogen-bond donors (Lipinski definition) is 2. The molecule has 2 aliphatic rings. The number of rotatable bonds is 4. The lowest BCUT2D eigenvalue weighted by Gasteiger charge is -2.41. The van der Waals surface area contributed by atoms with E-state index in [-0.39, 0.29) is 11.6 Å². The van der Waals surface area contributed by atoms with E-state index in [1.54, 1.807) is 24.1 Å². The van der Waals surface area contributed by atoms with Crippen LogP contribution in [0.2, 0.25) is 0 Å². The molecule has 4 aromatic rings. The van der Waals surface area contributed by atoms with Crippen molar-refractivity contribution in [1.82, 2.24) is 19.3 Å². The topological polar surface area (TPSA) is 117 Å². The van der Waals surface area contributed by atoms with Crippen molar-refractivity contribution < 1.29 is 14.6 Å². The Balaban J connectivity index is 1.55. The second-order valence-corrected chi connectivity index (χ2v) is 12.2. The van der Waals surface area contributed by atoms with Crippen LogP contribution in [-0.4, -0.2) is 50.4 Å². The average Bonchev–Trinajstić information content (AvgIpc) is 3.24. The Morgan fingerprint density at radius 1 is 1.28 bits per heavy atom. The third-order valence-electron chi connectivity index (χ3n) is 7.42. The number of nitrogens with zero attached hydrogens (tertiary/aromatic N) is 4. The number of halogens is 1. The molecule has 188 valence electrons. The van der Waals surface area contributed by atoms with Gasteiger partial charge in [0.1, 0.15) is 20.8 Å². The highest BCUT2D eigenvalue weighted by atomic mass is 127.